The smallest absolute Gasteiger partial charge is 0.326 e. The van der Waals surface area contributed by atoms with Crippen LogP contribution in [0.1, 0.15) is 135 Å². The number of aryl methyl sites for hydroxylation is 1. The van der Waals surface area contributed by atoms with Crippen LogP contribution in [-0.2, 0) is 47.7 Å². The van der Waals surface area contributed by atoms with E-state index in [0.717, 1.165) is 37.8 Å². The Kier molecular flexibility index (Phi) is 23.5. The van der Waals surface area contributed by atoms with Crippen LogP contribution in [0.25, 0.3) is 0 Å². The summed E-state index contributed by atoms with van der Waals surface area (Å²) >= 11 is 0. The molecule has 0 N–H and O–H groups in total. The Balaban J connectivity index is 2.20. The fraction of sp³-hybridized carbons (Fsp3) is 0.784. The number of esters is 5. The van der Waals surface area contributed by atoms with E-state index < -0.39 is 39.9 Å². The highest BCUT2D eigenvalue weighted by Gasteiger charge is 2.28. The summed E-state index contributed by atoms with van der Waals surface area (Å²) in [5.74, 6) is -1.27. The zero-order valence-corrected chi connectivity index (χ0v) is 44.4. The number of unbranched alkanes of at least 4 members (excludes halogenated alkanes) is 3. The van der Waals surface area contributed by atoms with Crippen LogP contribution in [0.4, 0.5) is 5.69 Å². The van der Waals surface area contributed by atoms with Gasteiger partial charge in [-0.2, -0.15) is 0 Å². The normalized spacial score (nSPS) is 16.0. The Morgan fingerprint density at radius 1 is 0.463 bits per heavy atom. The van der Waals surface area contributed by atoms with Gasteiger partial charge in [-0.25, -0.2) is 0 Å². The third-order valence-electron chi connectivity index (χ3n) is 9.87. The topological polar surface area (TPSA) is 157 Å². The minimum absolute atomic E-state index is 0.0851. The molecule has 0 spiro atoms. The van der Waals surface area contributed by atoms with Crippen molar-refractivity contribution < 1.29 is 52.4 Å². The summed E-state index contributed by atoms with van der Waals surface area (Å²) in [6, 6.07) is 5.67. The second-order valence-corrected chi connectivity index (χ2v) is 22.6. The Morgan fingerprint density at radius 3 is 1.15 bits per heavy atom. The molecule has 0 saturated carbocycles. The highest BCUT2D eigenvalue weighted by Crippen LogP contribution is 2.33. The van der Waals surface area contributed by atoms with Gasteiger partial charge < -0.3 is 38.2 Å². The standard InChI is InChI=1S/C51H89N5O11/c1-39-22-21-23-40(46(39)56(37-44(60)66-50(11,12)13)38-45(61)67-51(14,15)16)62-33-20-18-17-19-24-52-25-27-53(34-41(57)63-47(2,3)4)29-31-55(36-43(59)65-49(8,9)10)32-30-54(28-26-52)35-42(58)64-48(5,6)7/h21-23H,17-20,24-38H2,1-16H3. The van der Waals surface area contributed by atoms with E-state index in [-0.39, 0.29) is 50.6 Å². The van der Waals surface area contributed by atoms with Crippen molar-refractivity contribution in [2.75, 3.05) is 103 Å². The van der Waals surface area contributed by atoms with Gasteiger partial charge in [0.25, 0.3) is 0 Å². The van der Waals surface area contributed by atoms with Crippen LogP contribution in [0, 0.1) is 6.92 Å². The van der Waals surface area contributed by atoms with Crippen LogP contribution in [0.3, 0.4) is 0 Å². The predicted octanol–water partition coefficient (Wildman–Crippen LogP) is 6.67. The van der Waals surface area contributed by atoms with Crippen molar-refractivity contribution in [1.29, 1.82) is 0 Å². The molecule has 16 heteroatoms. The molecule has 1 saturated heterocycles. The lowest BCUT2D eigenvalue weighted by atomic mass is 10.1. The quantitative estimate of drug-likeness (QED) is 0.0822. The lowest BCUT2D eigenvalue weighted by Crippen LogP contribution is -2.49. The fourth-order valence-corrected chi connectivity index (χ4v) is 7.35. The molecule has 0 aromatic heterocycles. The Bertz CT molecular complexity index is 1640. The fourth-order valence-electron chi connectivity index (χ4n) is 7.35. The number of ether oxygens (including phenoxy) is 6. The van der Waals surface area contributed by atoms with Crippen LogP contribution in [0.2, 0.25) is 0 Å². The van der Waals surface area contributed by atoms with Gasteiger partial charge in [0, 0.05) is 52.4 Å². The van der Waals surface area contributed by atoms with Crippen molar-refractivity contribution in [2.24, 2.45) is 0 Å². The van der Waals surface area contributed by atoms with E-state index in [4.69, 9.17) is 28.4 Å². The summed E-state index contributed by atoms with van der Waals surface area (Å²) in [6.07, 6.45) is 3.58. The van der Waals surface area contributed by atoms with E-state index in [0.29, 0.717) is 70.4 Å². The molecule has 1 aliphatic rings. The van der Waals surface area contributed by atoms with Crippen LogP contribution in [0.15, 0.2) is 18.2 Å². The van der Waals surface area contributed by atoms with Crippen molar-refractivity contribution in [3.8, 4) is 5.75 Å². The second kappa shape index (κ2) is 26.7. The van der Waals surface area contributed by atoms with Gasteiger partial charge in [-0.15, -0.1) is 0 Å². The zero-order chi connectivity index (χ0) is 50.8. The Morgan fingerprint density at radius 2 is 0.791 bits per heavy atom. The minimum Gasteiger partial charge on any atom is -0.491 e. The van der Waals surface area contributed by atoms with Crippen LogP contribution in [-0.4, -0.2) is 176 Å². The van der Waals surface area contributed by atoms with Gasteiger partial charge >= 0.3 is 29.8 Å². The third-order valence-corrected chi connectivity index (χ3v) is 9.87. The monoisotopic (exact) mass is 948 g/mol. The lowest BCUT2D eigenvalue weighted by Gasteiger charge is -2.34. The molecule has 0 atom stereocenters. The van der Waals surface area contributed by atoms with Gasteiger partial charge in [0.1, 0.15) is 46.8 Å². The first-order chi connectivity index (χ1) is 30.8. The predicted molar refractivity (Wildman–Crippen MR) is 262 cm³/mol. The number of anilines is 1. The number of hydrogen-bond acceptors (Lipinski definition) is 16. The van der Waals surface area contributed by atoms with Crippen LogP contribution < -0.4 is 9.64 Å². The third kappa shape index (κ3) is 28.2. The van der Waals surface area contributed by atoms with Gasteiger partial charge in [0.2, 0.25) is 0 Å². The maximum atomic E-state index is 13.1. The molecule has 1 aliphatic heterocycles. The van der Waals surface area contributed by atoms with E-state index in [9.17, 15) is 24.0 Å². The van der Waals surface area contributed by atoms with Crippen molar-refractivity contribution >= 4 is 35.5 Å². The number of carbonyl (C=O) groups excluding carboxylic acids is 5. The highest BCUT2D eigenvalue weighted by molar-refractivity contribution is 5.84. The van der Waals surface area contributed by atoms with Crippen molar-refractivity contribution in [3.05, 3.63) is 23.8 Å². The Hall–Kier alpha value is -3.99. The number of nitrogens with zero attached hydrogens (tertiary/aromatic N) is 5. The summed E-state index contributed by atoms with van der Waals surface area (Å²) in [5.41, 5.74) is -1.75. The summed E-state index contributed by atoms with van der Waals surface area (Å²) < 4.78 is 34.7. The van der Waals surface area contributed by atoms with Crippen molar-refractivity contribution in [2.45, 2.75) is 164 Å². The van der Waals surface area contributed by atoms with Crippen LogP contribution >= 0.6 is 0 Å². The molecule has 0 amide bonds. The summed E-state index contributed by atoms with van der Waals surface area (Å²) in [6.45, 7) is 35.4. The zero-order valence-electron chi connectivity index (χ0n) is 44.4. The van der Waals surface area contributed by atoms with E-state index >= 15 is 0 Å². The van der Waals surface area contributed by atoms with Gasteiger partial charge in [-0.05, 0) is 142 Å². The van der Waals surface area contributed by atoms with E-state index in [1.165, 1.54) is 0 Å². The summed E-state index contributed by atoms with van der Waals surface area (Å²) in [7, 11) is 0. The average Bonchev–Trinajstić information content (AvgIpc) is 3.11. The maximum absolute atomic E-state index is 13.1. The number of carbonyl (C=O) groups is 5. The highest BCUT2D eigenvalue weighted by atomic mass is 16.6. The average molecular weight is 948 g/mol. The molecule has 1 heterocycles. The molecular formula is C51H89N5O11. The first-order valence-corrected chi connectivity index (χ1v) is 24.2. The van der Waals surface area contributed by atoms with Crippen molar-refractivity contribution in [1.82, 2.24) is 19.6 Å². The molecular weight excluding hydrogens is 859 g/mol. The summed E-state index contributed by atoms with van der Waals surface area (Å²) in [5, 5.41) is 0. The van der Waals surface area contributed by atoms with Crippen molar-refractivity contribution in [3.63, 3.8) is 0 Å². The molecule has 67 heavy (non-hydrogen) atoms. The van der Waals surface area contributed by atoms with Gasteiger partial charge in [-0.1, -0.05) is 25.0 Å². The minimum atomic E-state index is -0.692. The molecule has 1 aromatic rings. The van der Waals surface area contributed by atoms with Gasteiger partial charge in [-0.3, -0.25) is 38.7 Å². The van der Waals surface area contributed by atoms with Gasteiger partial charge in [0.05, 0.1) is 31.9 Å². The molecule has 2 rings (SSSR count). The van der Waals surface area contributed by atoms with E-state index in [1.807, 2.05) is 92.3 Å². The molecule has 0 aliphatic carbocycles. The molecule has 16 nitrogen and oxygen atoms in total. The number of benzene rings is 1. The first kappa shape index (κ1) is 59.1. The molecule has 0 unspecified atom stereocenters. The van der Waals surface area contributed by atoms with Gasteiger partial charge in [0.15, 0.2) is 0 Å². The maximum Gasteiger partial charge on any atom is 0.326 e. The second-order valence-electron chi connectivity index (χ2n) is 22.6. The summed E-state index contributed by atoms with van der Waals surface area (Å²) in [4.78, 5) is 75.7. The number of rotatable bonds is 19. The molecule has 0 radical (unpaired) electrons. The molecule has 384 valence electrons. The molecule has 0 bridgehead atoms. The SMILES string of the molecule is Cc1cccc(OCCCCCCN2CCN(CC(=O)OC(C)(C)C)CCN(CC(=O)OC(C)(C)C)CCN(CC(=O)OC(C)(C)C)CC2)c1N(CC(=O)OC(C)(C)C)CC(=O)OC(C)(C)C. The van der Waals surface area contributed by atoms with Crippen LogP contribution in [0.5, 0.6) is 5.75 Å². The Labute approximate surface area is 403 Å². The molecule has 1 aromatic carbocycles. The van der Waals surface area contributed by atoms with E-state index in [2.05, 4.69) is 14.7 Å². The number of para-hydroxylation sites is 1. The number of hydrogen-bond donors (Lipinski definition) is 0. The lowest BCUT2D eigenvalue weighted by molar-refractivity contribution is -0.158. The molecule has 1 fully saturated rings. The largest absolute Gasteiger partial charge is 0.491 e. The van der Waals surface area contributed by atoms with E-state index in [1.54, 1.807) is 46.4 Å². The first-order valence-electron chi connectivity index (χ1n) is 24.2.